The molecule has 0 fully saturated rings. The van der Waals surface area contributed by atoms with Crippen molar-refractivity contribution in [2.24, 2.45) is 0 Å². The first-order valence-electron chi connectivity index (χ1n) is 7.86. The van der Waals surface area contributed by atoms with Crippen LogP contribution in [0.2, 0.25) is 0 Å². The van der Waals surface area contributed by atoms with Crippen LogP contribution in [0.1, 0.15) is 52.2 Å². The van der Waals surface area contributed by atoms with Crippen LogP contribution in [0.5, 0.6) is 0 Å². The number of benzene rings is 1. The van der Waals surface area contributed by atoms with Crippen molar-refractivity contribution in [1.82, 2.24) is 5.16 Å². The van der Waals surface area contributed by atoms with Gasteiger partial charge < -0.3 is 14.6 Å². The fourth-order valence-corrected chi connectivity index (χ4v) is 2.93. The molecule has 134 valence electrons. The van der Waals surface area contributed by atoms with Gasteiger partial charge in [-0.15, -0.1) is 0 Å². The van der Waals surface area contributed by atoms with Gasteiger partial charge in [-0.3, -0.25) is 4.79 Å². The molecular formula is C18H21FN2O4. The lowest BCUT2D eigenvalue weighted by Crippen LogP contribution is -2.19. The maximum Gasteiger partial charge on any atom is 0.340 e. The number of carbonyl (C=O) groups is 2. The molecule has 0 unspecified atom stereocenters. The van der Waals surface area contributed by atoms with Gasteiger partial charge in [-0.25, -0.2) is 9.18 Å². The number of methoxy groups -OCH3 is 1. The van der Waals surface area contributed by atoms with Gasteiger partial charge in [0.15, 0.2) is 0 Å². The number of hydrogen-bond acceptors (Lipinski definition) is 5. The van der Waals surface area contributed by atoms with Crippen LogP contribution in [-0.2, 0) is 9.53 Å². The zero-order valence-electron chi connectivity index (χ0n) is 14.9. The number of nitrogens with zero attached hydrogens (tertiary/aromatic N) is 1. The first-order chi connectivity index (χ1) is 11.8. The van der Waals surface area contributed by atoms with E-state index < -0.39 is 17.7 Å². The highest BCUT2D eigenvalue weighted by molar-refractivity contribution is 6.02. The zero-order valence-corrected chi connectivity index (χ0v) is 14.9. The minimum atomic E-state index is -0.703. The molecule has 0 aliphatic heterocycles. The summed E-state index contributed by atoms with van der Waals surface area (Å²) < 4.78 is 24.0. The van der Waals surface area contributed by atoms with E-state index >= 15 is 0 Å². The molecule has 0 aliphatic carbocycles. The number of rotatable bonds is 5. The normalized spacial score (nSPS) is 11.9. The van der Waals surface area contributed by atoms with Crippen molar-refractivity contribution in [2.75, 3.05) is 12.4 Å². The van der Waals surface area contributed by atoms with Gasteiger partial charge in [0.1, 0.15) is 11.6 Å². The third-order valence-corrected chi connectivity index (χ3v) is 4.09. The topological polar surface area (TPSA) is 81.4 Å². The second-order valence-electron chi connectivity index (χ2n) is 6.00. The van der Waals surface area contributed by atoms with Crippen molar-refractivity contribution >= 4 is 17.6 Å². The van der Waals surface area contributed by atoms with Crippen molar-refractivity contribution in [3.8, 4) is 0 Å². The number of aromatic nitrogens is 1. The lowest BCUT2D eigenvalue weighted by Gasteiger charge is -2.15. The van der Waals surface area contributed by atoms with Crippen molar-refractivity contribution < 1.29 is 23.2 Å². The van der Waals surface area contributed by atoms with Crippen LogP contribution in [-0.4, -0.2) is 24.1 Å². The molecule has 0 saturated carbocycles. The van der Waals surface area contributed by atoms with E-state index in [0.717, 1.165) is 11.3 Å². The summed E-state index contributed by atoms with van der Waals surface area (Å²) in [4.78, 5) is 24.3. The van der Waals surface area contributed by atoms with E-state index in [9.17, 15) is 14.0 Å². The lowest BCUT2D eigenvalue weighted by atomic mass is 9.95. The van der Waals surface area contributed by atoms with Gasteiger partial charge >= 0.3 is 5.97 Å². The second kappa shape index (κ2) is 7.46. The Morgan fingerprint density at radius 1 is 1.32 bits per heavy atom. The number of amides is 1. The summed E-state index contributed by atoms with van der Waals surface area (Å²) in [5.41, 5.74) is 1.94. The number of anilines is 1. The maximum absolute atomic E-state index is 14.2. The van der Waals surface area contributed by atoms with Gasteiger partial charge in [0.05, 0.1) is 24.1 Å². The van der Waals surface area contributed by atoms with Gasteiger partial charge in [0.25, 0.3) is 0 Å². The Morgan fingerprint density at radius 3 is 2.56 bits per heavy atom. The first kappa shape index (κ1) is 18.6. The number of esters is 1. The van der Waals surface area contributed by atoms with Gasteiger partial charge in [0, 0.05) is 12.0 Å². The van der Waals surface area contributed by atoms with Crippen LogP contribution < -0.4 is 5.32 Å². The predicted octanol–water partition coefficient (Wildman–Crippen LogP) is 3.66. The molecule has 0 aliphatic rings. The number of halogens is 1. The SMILES string of the molecule is COC(=O)c1c(C)ccc(F)c1NC(=O)C[C@@H](C)c1c(C)noc1C. The molecule has 25 heavy (non-hydrogen) atoms. The molecule has 2 aromatic rings. The molecular weight excluding hydrogens is 327 g/mol. The average Bonchev–Trinajstić information content (AvgIpc) is 2.89. The van der Waals surface area contributed by atoms with Gasteiger partial charge in [-0.2, -0.15) is 0 Å². The van der Waals surface area contributed by atoms with Crippen LogP contribution >= 0.6 is 0 Å². The van der Waals surface area contributed by atoms with Crippen molar-refractivity contribution in [2.45, 2.75) is 40.0 Å². The van der Waals surface area contributed by atoms with E-state index in [-0.39, 0.29) is 23.6 Å². The van der Waals surface area contributed by atoms with E-state index in [4.69, 9.17) is 4.52 Å². The quantitative estimate of drug-likeness (QED) is 0.834. The predicted molar refractivity (Wildman–Crippen MR) is 90.1 cm³/mol. The largest absolute Gasteiger partial charge is 0.465 e. The average molecular weight is 348 g/mol. The van der Waals surface area contributed by atoms with Crippen LogP contribution in [0.25, 0.3) is 0 Å². The number of nitrogens with one attached hydrogen (secondary N) is 1. The number of aryl methyl sites for hydroxylation is 3. The standard InChI is InChI=1S/C18H21FN2O4/c1-9-6-7-13(19)17(16(9)18(23)24-5)20-14(22)8-10(2)15-11(3)21-25-12(15)4/h6-7,10H,8H2,1-5H3,(H,20,22)/t10-/m1/s1. The molecule has 1 aromatic carbocycles. The molecule has 0 saturated heterocycles. The maximum atomic E-state index is 14.2. The summed E-state index contributed by atoms with van der Waals surface area (Å²) in [7, 11) is 1.21. The third-order valence-electron chi connectivity index (χ3n) is 4.09. The molecule has 0 bridgehead atoms. The fraction of sp³-hybridized carbons (Fsp3) is 0.389. The Hall–Kier alpha value is -2.70. The molecule has 0 radical (unpaired) electrons. The summed E-state index contributed by atoms with van der Waals surface area (Å²) in [5.74, 6) is -1.33. The molecule has 6 nitrogen and oxygen atoms in total. The first-order valence-corrected chi connectivity index (χ1v) is 7.86. The Kier molecular flexibility index (Phi) is 5.56. The van der Waals surface area contributed by atoms with Crippen molar-refractivity contribution in [3.05, 3.63) is 46.1 Å². The molecule has 2 rings (SSSR count). The Labute approximate surface area is 145 Å². The fourth-order valence-electron chi connectivity index (χ4n) is 2.93. The van der Waals surface area contributed by atoms with E-state index in [1.54, 1.807) is 20.8 Å². The van der Waals surface area contributed by atoms with Crippen LogP contribution in [0.4, 0.5) is 10.1 Å². The monoisotopic (exact) mass is 348 g/mol. The zero-order chi connectivity index (χ0) is 18.7. The summed E-state index contributed by atoms with van der Waals surface area (Å²) in [6, 6.07) is 2.67. The molecule has 1 amide bonds. The highest BCUT2D eigenvalue weighted by atomic mass is 19.1. The second-order valence-corrected chi connectivity index (χ2v) is 6.00. The number of hydrogen-bond donors (Lipinski definition) is 1. The molecule has 1 N–H and O–H groups in total. The lowest BCUT2D eigenvalue weighted by molar-refractivity contribution is -0.116. The van der Waals surface area contributed by atoms with E-state index in [2.05, 4.69) is 15.2 Å². The van der Waals surface area contributed by atoms with Crippen molar-refractivity contribution in [3.63, 3.8) is 0 Å². The van der Waals surface area contributed by atoms with Crippen LogP contribution in [0, 0.1) is 26.6 Å². The Bertz CT molecular complexity index is 794. The van der Waals surface area contributed by atoms with Gasteiger partial charge in [0.2, 0.25) is 5.91 Å². The number of carbonyl (C=O) groups excluding carboxylic acids is 2. The van der Waals surface area contributed by atoms with E-state index in [1.807, 2.05) is 6.92 Å². The molecule has 1 heterocycles. The minimum Gasteiger partial charge on any atom is -0.465 e. The summed E-state index contributed by atoms with van der Waals surface area (Å²) in [5, 5.41) is 6.38. The van der Waals surface area contributed by atoms with Gasteiger partial charge in [-0.05, 0) is 38.3 Å². The van der Waals surface area contributed by atoms with Gasteiger partial charge in [-0.1, -0.05) is 18.1 Å². The highest BCUT2D eigenvalue weighted by Crippen LogP contribution is 2.28. The summed E-state index contributed by atoms with van der Waals surface area (Å²) in [6.45, 7) is 7.09. The molecule has 1 aromatic heterocycles. The van der Waals surface area contributed by atoms with Crippen LogP contribution in [0.15, 0.2) is 16.7 Å². The third kappa shape index (κ3) is 3.87. The molecule has 7 heteroatoms. The van der Waals surface area contributed by atoms with E-state index in [1.165, 1.54) is 19.2 Å². The molecule has 1 atom stereocenters. The minimum absolute atomic E-state index is 0.0147. The van der Waals surface area contributed by atoms with E-state index in [0.29, 0.717) is 11.3 Å². The van der Waals surface area contributed by atoms with Crippen LogP contribution in [0.3, 0.4) is 0 Å². The summed E-state index contributed by atoms with van der Waals surface area (Å²) >= 11 is 0. The molecule has 0 spiro atoms. The number of ether oxygens (including phenoxy) is 1. The summed E-state index contributed by atoms with van der Waals surface area (Å²) in [6.07, 6.45) is 0.0941. The highest BCUT2D eigenvalue weighted by Gasteiger charge is 2.23. The van der Waals surface area contributed by atoms with Crippen molar-refractivity contribution in [1.29, 1.82) is 0 Å². The Morgan fingerprint density at radius 2 is 2.00 bits per heavy atom. The Balaban J connectivity index is 2.24. The smallest absolute Gasteiger partial charge is 0.340 e.